The van der Waals surface area contributed by atoms with Crippen molar-refractivity contribution in [3.63, 3.8) is 0 Å². The smallest absolute Gasteiger partial charge is 0.262 e. The molecule has 0 aromatic heterocycles. The predicted molar refractivity (Wildman–Crippen MR) is 97.2 cm³/mol. The van der Waals surface area contributed by atoms with Crippen LogP contribution < -0.4 is 19.5 Å². The van der Waals surface area contributed by atoms with E-state index in [0.29, 0.717) is 33.0 Å². The van der Waals surface area contributed by atoms with E-state index in [1.54, 1.807) is 30.3 Å². The van der Waals surface area contributed by atoms with Crippen molar-refractivity contribution in [1.82, 2.24) is 0 Å². The minimum Gasteiger partial charge on any atom is -0.495 e. The summed E-state index contributed by atoms with van der Waals surface area (Å²) >= 11 is 3.35. The molecule has 0 heterocycles. The SMILES string of the molecule is COc1ccccc1NC(=O)COc1c(Br)cc(/C=N/O)cc1OC. The number of nitrogens with zero attached hydrogens (tertiary/aromatic N) is 1. The molecule has 2 aromatic carbocycles. The number of anilines is 1. The standard InChI is InChI=1S/C17H17BrN2O5/c1-23-14-6-4-3-5-13(14)20-16(21)10-25-17-12(18)7-11(9-19-22)8-15(17)24-2/h3-9,22H,10H2,1-2H3,(H,20,21)/b19-9+. The zero-order valence-corrected chi connectivity index (χ0v) is 15.2. The van der Waals surface area contributed by atoms with Gasteiger partial charge in [-0.15, -0.1) is 0 Å². The highest BCUT2D eigenvalue weighted by atomic mass is 79.9. The molecule has 2 rings (SSSR count). The average Bonchev–Trinajstić information content (AvgIpc) is 2.61. The number of oxime groups is 1. The van der Waals surface area contributed by atoms with Crippen LogP contribution in [0, 0.1) is 0 Å². The highest BCUT2D eigenvalue weighted by Gasteiger charge is 2.14. The van der Waals surface area contributed by atoms with Crippen LogP contribution in [0.15, 0.2) is 46.0 Å². The number of ether oxygens (including phenoxy) is 3. The Labute approximate surface area is 153 Å². The van der Waals surface area contributed by atoms with E-state index in [2.05, 4.69) is 26.4 Å². The number of nitrogens with one attached hydrogen (secondary N) is 1. The summed E-state index contributed by atoms with van der Waals surface area (Å²) in [5.41, 5.74) is 1.16. The Morgan fingerprint density at radius 3 is 2.64 bits per heavy atom. The maximum absolute atomic E-state index is 12.1. The van der Waals surface area contributed by atoms with Crippen molar-refractivity contribution in [3.05, 3.63) is 46.4 Å². The van der Waals surface area contributed by atoms with Crippen molar-refractivity contribution in [3.8, 4) is 17.2 Å². The number of hydrogen-bond donors (Lipinski definition) is 2. The molecule has 8 heteroatoms. The molecule has 0 atom stereocenters. The van der Waals surface area contributed by atoms with Crippen molar-refractivity contribution >= 4 is 33.7 Å². The molecule has 0 unspecified atom stereocenters. The zero-order valence-electron chi connectivity index (χ0n) is 13.7. The van der Waals surface area contributed by atoms with Gasteiger partial charge in [-0.3, -0.25) is 4.79 Å². The molecule has 2 N–H and O–H groups in total. The maximum atomic E-state index is 12.1. The largest absolute Gasteiger partial charge is 0.495 e. The zero-order chi connectivity index (χ0) is 18.2. The van der Waals surface area contributed by atoms with Gasteiger partial charge >= 0.3 is 0 Å². The Hall–Kier alpha value is -2.74. The third-order valence-corrected chi connectivity index (χ3v) is 3.78. The number of rotatable bonds is 7. The second kappa shape index (κ2) is 8.93. The molecule has 132 valence electrons. The van der Waals surface area contributed by atoms with Gasteiger partial charge < -0.3 is 24.7 Å². The Bertz CT molecular complexity index is 780. The first-order chi connectivity index (χ1) is 12.1. The molecular weight excluding hydrogens is 392 g/mol. The van der Waals surface area contributed by atoms with Gasteiger partial charge in [0.05, 0.1) is 30.6 Å². The molecular formula is C17H17BrN2O5. The summed E-state index contributed by atoms with van der Waals surface area (Å²) in [7, 11) is 3.00. The van der Waals surface area contributed by atoms with Crippen LogP contribution in [0.4, 0.5) is 5.69 Å². The number of halogens is 1. The lowest BCUT2D eigenvalue weighted by atomic mass is 10.2. The second-order valence-corrected chi connectivity index (χ2v) is 5.67. The summed E-state index contributed by atoms with van der Waals surface area (Å²) < 4.78 is 16.6. The van der Waals surface area contributed by atoms with Gasteiger partial charge in [0.1, 0.15) is 5.75 Å². The molecule has 2 aromatic rings. The Balaban J connectivity index is 2.09. The fourth-order valence-electron chi connectivity index (χ4n) is 2.09. The number of amides is 1. The van der Waals surface area contributed by atoms with Gasteiger partial charge in [-0.2, -0.15) is 0 Å². The number of carbonyl (C=O) groups excluding carboxylic acids is 1. The number of para-hydroxylation sites is 2. The summed E-state index contributed by atoms with van der Waals surface area (Å²) in [4.78, 5) is 12.1. The van der Waals surface area contributed by atoms with Crippen molar-refractivity contribution < 1.29 is 24.2 Å². The van der Waals surface area contributed by atoms with Crippen LogP contribution in [-0.2, 0) is 4.79 Å². The number of hydrogen-bond acceptors (Lipinski definition) is 6. The molecule has 0 radical (unpaired) electrons. The Kier molecular flexibility index (Phi) is 6.64. The van der Waals surface area contributed by atoms with Gasteiger partial charge in [-0.1, -0.05) is 17.3 Å². The normalized spacial score (nSPS) is 10.5. The minimum atomic E-state index is -0.348. The molecule has 0 fully saturated rings. The first-order valence-electron chi connectivity index (χ1n) is 7.19. The third-order valence-electron chi connectivity index (χ3n) is 3.19. The van der Waals surface area contributed by atoms with E-state index in [0.717, 1.165) is 0 Å². The lowest BCUT2D eigenvalue weighted by Gasteiger charge is -2.14. The summed E-state index contributed by atoms with van der Waals surface area (Å²) in [6.07, 6.45) is 1.26. The molecule has 0 saturated heterocycles. The third kappa shape index (κ3) is 4.87. The number of methoxy groups -OCH3 is 2. The topological polar surface area (TPSA) is 89.4 Å². The van der Waals surface area contributed by atoms with Gasteiger partial charge in [-0.25, -0.2) is 0 Å². The number of benzene rings is 2. The van der Waals surface area contributed by atoms with Gasteiger partial charge in [0.2, 0.25) is 0 Å². The molecule has 0 spiro atoms. The molecule has 7 nitrogen and oxygen atoms in total. The molecule has 0 aliphatic carbocycles. The molecule has 0 bridgehead atoms. The quantitative estimate of drug-likeness (QED) is 0.416. The highest BCUT2D eigenvalue weighted by Crippen LogP contribution is 2.36. The fraction of sp³-hybridized carbons (Fsp3) is 0.176. The first kappa shape index (κ1) is 18.6. The lowest BCUT2D eigenvalue weighted by Crippen LogP contribution is -2.20. The fourth-order valence-corrected chi connectivity index (χ4v) is 2.67. The highest BCUT2D eigenvalue weighted by molar-refractivity contribution is 9.10. The van der Waals surface area contributed by atoms with E-state index >= 15 is 0 Å². The second-order valence-electron chi connectivity index (χ2n) is 4.82. The molecule has 0 aliphatic rings. The Morgan fingerprint density at radius 2 is 1.96 bits per heavy atom. The van der Waals surface area contributed by atoms with Crippen LogP contribution in [0.1, 0.15) is 5.56 Å². The molecule has 0 saturated carbocycles. The van der Waals surface area contributed by atoms with Crippen molar-refractivity contribution in [2.24, 2.45) is 5.16 Å². The lowest BCUT2D eigenvalue weighted by molar-refractivity contribution is -0.118. The van der Waals surface area contributed by atoms with E-state index < -0.39 is 0 Å². The van der Waals surface area contributed by atoms with Gasteiger partial charge in [-0.05, 0) is 40.2 Å². The molecule has 1 amide bonds. The predicted octanol–water partition coefficient (Wildman–Crippen LogP) is 3.29. The monoisotopic (exact) mass is 408 g/mol. The van der Waals surface area contributed by atoms with Gasteiger partial charge in [0.25, 0.3) is 5.91 Å². The van der Waals surface area contributed by atoms with E-state index in [-0.39, 0.29) is 12.5 Å². The average molecular weight is 409 g/mol. The first-order valence-corrected chi connectivity index (χ1v) is 7.99. The van der Waals surface area contributed by atoms with Gasteiger partial charge in [0, 0.05) is 5.56 Å². The summed E-state index contributed by atoms with van der Waals surface area (Å²) in [6, 6.07) is 10.4. The van der Waals surface area contributed by atoms with Crippen molar-refractivity contribution in [1.29, 1.82) is 0 Å². The van der Waals surface area contributed by atoms with Crippen molar-refractivity contribution in [2.45, 2.75) is 0 Å². The van der Waals surface area contributed by atoms with Crippen LogP contribution in [0.3, 0.4) is 0 Å². The van der Waals surface area contributed by atoms with E-state index in [4.69, 9.17) is 19.4 Å². The minimum absolute atomic E-state index is 0.222. The van der Waals surface area contributed by atoms with Crippen LogP contribution in [0.2, 0.25) is 0 Å². The molecule has 25 heavy (non-hydrogen) atoms. The maximum Gasteiger partial charge on any atom is 0.262 e. The number of carbonyl (C=O) groups is 1. The van der Waals surface area contributed by atoms with Gasteiger partial charge in [0.15, 0.2) is 18.1 Å². The van der Waals surface area contributed by atoms with Crippen LogP contribution >= 0.6 is 15.9 Å². The van der Waals surface area contributed by atoms with Crippen LogP contribution in [0.25, 0.3) is 0 Å². The summed E-state index contributed by atoms with van der Waals surface area (Å²) in [5.74, 6) is 0.976. The van der Waals surface area contributed by atoms with E-state index in [1.165, 1.54) is 20.4 Å². The Morgan fingerprint density at radius 1 is 1.24 bits per heavy atom. The summed E-state index contributed by atoms with van der Waals surface area (Å²) in [6.45, 7) is -0.222. The van der Waals surface area contributed by atoms with Crippen molar-refractivity contribution in [2.75, 3.05) is 26.1 Å². The van der Waals surface area contributed by atoms with Crippen LogP contribution in [0.5, 0.6) is 17.2 Å². The van der Waals surface area contributed by atoms with Crippen LogP contribution in [-0.4, -0.2) is 38.2 Å². The summed E-state index contributed by atoms with van der Waals surface area (Å²) in [5, 5.41) is 14.3. The van der Waals surface area contributed by atoms with E-state index in [9.17, 15) is 4.79 Å². The molecule has 0 aliphatic heterocycles. The van der Waals surface area contributed by atoms with E-state index in [1.807, 2.05) is 6.07 Å².